The Balaban J connectivity index is 2.46. The Kier molecular flexibility index (Phi) is 5.22. The highest BCUT2D eigenvalue weighted by Crippen LogP contribution is 2.19. The van der Waals surface area contributed by atoms with Gasteiger partial charge in [0.25, 0.3) is 0 Å². The molecule has 3 heteroatoms. The maximum absolute atomic E-state index is 5.35. The van der Waals surface area contributed by atoms with E-state index in [1.807, 2.05) is 0 Å². The van der Waals surface area contributed by atoms with E-state index in [-0.39, 0.29) is 5.54 Å². The van der Waals surface area contributed by atoms with Crippen molar-refractivity contribution in [3.63, 3.8) is 0 Å². The monoisotopic (exact) mass is 228 g/mol. The van der Waals surface area contributed by atoms with E-state index in [2.05, 4.69) is 37.9 Å². The second kappa shape index (κ2) is 5.99. The van der Waals surface area contributed by atoms with Crippen molar-refractivity contribution in [3.8, 4) is 0 Å². The molecule has 3 nitrogen and oxygen atoms in total. The Hall–Kier alpha value is -0.120. The third kappa shape index (κ3) is 4.40. The van der Waals surface area contributed by atoms with Gasteiger partial charge in [0.15, 0.2) is 0 Å². The first-order valence-electron chi connectivity index (χ1n) is 6.44. The van der Waals surface area contributed by atoms with E-state index in [9.17, 15) is 0 Å². The lowest BCUT2D eigenvalue weighted by atomic mass is 10.1. The van der Waals surface area contributed by atoms with Gasteiger partial charge in [-0.2, -0.15) is 0 Å². The zero-order chi connectivity index (χ0) is 12.2. The van der Waals surface area contributed by atoms with Crippen LogP contribution in [0.2, 0.25) is 0 Å². The fraction of sp³-hybridized carbons (Fsp3) is 1.00. The molecule has 1 N–H and O–H groups in total. The van der Waals surface area contributed by atoms with Crippen LogP contribution >= 0.6 is 0 Å². The Morgan fingerprint density at radius 1 is 1.44 bits per heavy atom. The molecule has 1 aliphatic heterocycles. The maximum atomic E-state index is 5.35. The summed E-state index contributed by atoms with van der Waals surface area (Å²) in [6.07, 6.45) is 2.66. The fourth-order valence-corrected chi connectivity index (χ4v) is 2.39. The highest BCUT2D eigenvalue weighted by Gasteiger charge is 2.28. The van der Waals surface area contributed by atoms with Gasteiger partial charge in [-0.3, -0.25) is 4.90 Å². The van der Waals surface area contributed by atoms with Gasteiger partial charge in [-0.05, 0) is 47.1 Å². The number of methoxy groups -OCH3 is 1. The van der Waals surface area contributed by atoms with Crippen molar-refractivity contribution in [1.82, 2.24) is 10.2 Å². The molecule has 1 heterocycles. The largest absolute Gasteiger partial charge is 0.383 e. The second-order valence-electron chi connectivity index (χ2n) is 5.97. The molecule has 0 spiro atoms. The zero-order valence-corrected chi connectivity index (χ0v) is 11.5. The molecule has 16 heavy (non-hydrogen) atoms. The van der Waals surface area contributed by atoms with Gasteiger partial charge >= 0.3 is 0 Å². The molecule has 1 rings (SSSR count). The average Bonchev–Trinajstić information content (AvgIpc) is 2.57. The van der Waals surface area contributed by atoms with Crippen LogP contribution in [0.5, 0.6) is 0 Å². The minimum absolute atomic E-state index is 0.189. The SMILES string of the molecule is COCC(CNC(C)(C)C)N1CCCC1C. The predicted octanol–water partition coefficient (Wildman–Crippen LogP) is 1.87. The van der Waals surface area contributed by atoms with Gasteiger partial charge in [-0.1, -0.05) is 0 Å². The third-order valence-electron chi connectivity index (χ3n) is 3.30. The summed E-state index contributed by atoms with van der Waals surface area (Å²) in [6, 6.07) is 1.23. The van der Waals surface area contributed by atoms with E-state index in [0.29, 0.717) is 12.1 Å². The second-order valence-corrected chi connectivity index (χ2v) is 5.97. The first-order chi connectivity index (χ1) is 7.44. The number of hydrogen-bond acceptors (Lipinski definition) is 3. The van der Waals surface area contributed by atoms with Crippen LogP contribution in [0.4, 0.5) is 0 Å². The molecule has 0 bridgehead atoms. The predicted molar refractivity (Wildman–Crippen MR) is 68.8 cm³/mol. The molecule has 2 unspecified atom stereocenters. The fourth-order valence-electron chi connectivity index (χ4n) is 2.39. The number of hydrogen-bond donors (Lipinski definition) is 1. The van der Waals surface area contributed by atoms with Crippen LogP contribution in [-0.2, 0) is 4.74 Å². The van der Waals surface area contributed by atoms with Gasteiger partial charge in [0.2, 0.25) is 0 Å². The van der Waals surface area contributed by atoms with E-state index in [4.69, 9.17) is 4.74 Å². The molecule has 0 aromatic heterocycles. The average molecular weight is 228 g/mol. The van der Waals surface area contributed by atoms with Gasteiger partial charge in [-0.25, -0.2) is 0 Å². The Bertz CT molecular complexity index is 201. The van der Waals surface area contributed by atoms with Crippen LogP contribution in [0.25, 0.3) is 0 Å². The lowest BCUT2D eigenvalue weighted by Crippen LogP contribution is -2.50. The zero-order valence-electron chi connectivity index (χ0n) is 11.5. The summed E-state index contributed by atoms with van der Waals surface area (Å²) in [6.45, 7) is 12.0. The number of rotatable bonds is 5. The quantitative estimate of drug-likeness (QED) is 0.777. The van der Waals surface area contributed by atoms with Crippen LogP contribution in [0.1, 0.15) is 40.5 Å². The molecular formula is C13H28N2O. The molecule has 0 aromatic rings. The van der Waals surface area contributed by atoms with Crippen molar-refractivity contribution >= 4 is 0 Å². The molecule has 0 amide bonds. The third-order valence-corrected chi connectivity index (χ3v) is 3.30. The number of likely N-dealkylation sites (tertiary alicyclic amines) is 1. The van der Waals surface area contributed by atoms with Gasteiger partial charge in [0.1, 0.15) is 0 Å². The number of ether oxygens (including phenoxy) is 1. The Morgan fingerprint density at radius 3 is 2.56 bits per heavy atom. The smallest absolute Gasteiger partial charge is 0.0630 e. The van der Waals surface area contributed by atoms with Crippen LogP contribution in [0.3, 0.4) is 0 Å². The minimum atomic E-state index is 0.189. The van der Waals surface area contributed by atoms with E-state index in [1.165, 1.54) is 19.4 Å². The molecule has 96 valence electrons. The minimum Gasteiger partial charge on any atom is -0.383 e. The molecular weight excluding hydrogens is 200 g/mol. The van der Waals surface area contributed by atoms with Crippen molar-refractivity contribution < 1.29 is 4.74 Å². The molecule has 1 saturated heterocycles. The molecule has 0 radical (unpaired) electrons. The summed E-state index contributed by atoms with van der Waals surface area (Å²) in [5.74, 6) is 0. The van der Waals surface area contributed by atoms with Gasteiger partial charge in [-0.15, -0.1) is 0 Å². The molecule has 0 aromatic carbocycles. The number of nitrogens with zero attached hydrogens (tertiary/aromatic N) is 1. The van der Waals surface area contributed by atoms with Gasteiger partial charge < -0.3 is 10.1 Å². The molecule has 0 saturated carbocycles. The van der Waals surface area contributed by atoms with Crippen LogP contribution in [0.15, 0.2) is 0 Å². The summed E-state index contributed by atoms with van der Waals surface area (Å²) in [4.78, 5) is 2.59. The maximum Gasteiger partial charge on any atom is 0.0630 e. The normalized spacial score (nSPS) is 24.9. The molecule has 0 aliphatic carbocycles. The summed E-state index contributed by atoms with van der Waals surface area (Å²) >= 11 is 0. The van der Waals surface area contributed by atoms with Gasteiger partial charge in [0.05, 0.1) is 6.61 Å². The highest BCUT2D eigenvalue weighted by atomic mass is 16.5. The van der Waals surface area contributed by atoms with Crippen LogP contribution < -0.4 is 5.32 Å². The van der Waals surface area contributed by atoms with E-state index >= 15 is 0 Å². The Morgan fingerprint density at radius 2 is 2.12 bits per heavy atom. The summed E-state index contributed by atoms with van der Waals surface area (Å²) in [5.41, 5.74) is 0.189. The van der Waals surface area contributed by atoms with Crippen molar-refractivity contribution in [1.29, 1.82) is 0 Å². The molecule has 2 atom stereocenters. The van der Waals surface area contributed by atoms with Crippen LogP contribution in [0, 0.1) is 0 Å². The lowest BCUT2D eigenvalue weighted by Gasteiger charge is -2.33. The Labute approximate surface area is 101 Å². The van der Waals surface area contributed by atoms with E-state index in [0.717, 1.165) is 13.2 Å². The van der Waals surface area contributed by atoms with E-state index < -0.39 is 0 Å². The van der Waals surface area contributed by atoms with Crippen molar-refractivity contribution in [2.75, 3.05) is 26.8 Å². The lowest BCUT2D eigenvalue weighted by molar-refractivity contribution is 0.0815. The first-order valence-corrected chi connectivity index (χ1v) is 6.44. The first kappa shape index (κ1) is 13.9. The van der Waals surface area contributed by atoms with E-state index in [1.54, 1.807) is 7.11 Å². The standard InChI is InChI=1S/C13H28N2O/c1-11-7-6-8-15(11)12(10-16-5)9-14-13(2,3)4/h11-12,14H,6-10H2,1-5H3. The van der Waals surface area contributed by atoms with Crippen molar-refractivity contribution in [3.05, 3.63) is 0 Å². The molecule has 1 aliphatic rings. The summed E-state index contributed by atoms with van der Waals surface area (Å²) < 4.78 is 5.35. The molecule has 1 fully saturated rings. The topological polar surface area (TPSA) is 24.5 Å². The summed E-state index contributed by atoms with van der Waals surface area (Å²) in [7, 11) is 1.80. The van der Waals surface area contributed by atoms with Crippen molar-refractivity contribution in [2.45, 2.75) is 58.2 Å². The van der Waals surface area contributed by atoms with Crippen molar-refractivity contribution in [2.24, 2.45) is 0 Å². The summed E-state index contributed by atoms with van der Waals surface area (Å²) in [5, 5.41) is 3.58. The van der Waals surface area contributed by atoms with Gasteiger partial charge in [0, 0.05) is 31.3 Å². The van der Waals surface area contributed by atoms with Crippen LogP contribution in [-0.4, -0.2) is 49.3 Å². The number of nitrogens with one attached hydrogen (secondary N) is 1. The highest BCUT2D eigenvalue weighted by molar-refractivity contribution is 4.85.